The number of nitrogens with one attached hydrogen (secondary N) is 1. The lowest BCUT2D eigenvalue weighted by Gasteiger charge is -2.31. The van der Waals surface area contributed by atoms with Crippen molar-refractivity contribution in [2.24, 2.45) is 0 Å². The van der Waals surface area contributed by atoms with Crippen molar-refractivity contribution in [1.29, 1.82) is 0 Å². The highest BCUT2D eigenvalue weighted by Crippen LogP contribution is 2.24. The van der Waals surface area contributed by atoms with Crippen molar-refractivity contribution in [2.75, 3.05) is 0 Å². The molecule has 2 heteroatoms. The zero-order valence-corrected chi connectivity index (χ0v) is 6.92. The van der Waals surface area contributed by atoms with Crippen LogP contribution >= 0.6 is 0 Å². The van der Waals surface area contributed by atoms with E-state index in [-0.39, 0.29) is 6.10 Å². The molecule has 0 saturated heterocycles. The van der Waals surface area contributed by atoms with E-state index in [1.165, 1.54) is 32.1 Å². The molecule has 64 valence electrons. The Kier molecular flexibility index (Phi) is 2.14. The van der Waals surface area contributed by atoms with Crippen LogP contribution < -0.4 is 5.32 Å². The van der Waals surface area contributed by atoms with E-state index < -0.39 is 0 Å². The fourth-order valence-corrected chi connectivity index (χ4v) is 2.01. The second-order valence-corrected chi connectivity index (χ2v) is 3.90. The van der Waals surface area contributed by atoms with Crippen LogP contribution in [0.5, 0.6) is 0 Å². The molecule has 2 N–H and O–H groups in total. The highest BCUT2D eigenvalue weighted by atomic mass is 16.3. The molecule has 2 saturated carbocycles. The molecule has 2 fully saturated rings. The van der Waals surface area contributed by atoms with E-state index in [1.807, 2.05) is 0 Å². The van der Waals surface area contributed by atoms with Gasteiger partial charge in [-0.2, -0.15) is 0 Å². The summed E-state index contributed by atoms with van der Waals surface area (Å²) in [5.74, 6) is 0. The highest BCUT2D eigenvalue weighted by molar-refractivity contribution is 4.88. The Morgan fingerprint density at radius 1 is 1.00 bits per heavy atom. The van der Waals surface area contributed by atoms with Crippen LogP contribution in [0.3, 0.4) is 0 Å². The van der Waals surface area contributed by atoms with Gasteiger partial charge in [-0.1, -0.05) is 6.42 Å². The van der Waals surface area contributed by atoms with Gasteiger partial charge in [0.2, 0.25) is 0 Å². The van der Waals surface area contributed by atoms with E-state index in [1.54, 1.807) is 0 Å². The lowest BCUT2D eigenvalue weighted by Crippen LogP contribution is -2.45. The summed E-state index contributed by atoms with van der Waals surface area (Å²) < 4.78 is 0. The molecule has 0 aromatic carbocycles. The molecule has 0 unspecified atom stereocenters. The molecule has 0 aliphatic heterocycles. The van der Waals surface area contributed by atoms with Gasteiger partial charge in [0.15, 0.2) is 0 Å². The Morgan fingerprint density at radius 2 is 1.73 bits per heavy atom. The van der Waals surface area contributed by atoms with Crippen molar-refractivity contribution in [1.82, 2.24) is 5.32 Å². The maximum Gasteiger partial charge on any atom is 0.0693 e. The molecule has 2 rings (SSSR count). The first-order valence-electron chi connectivity index (χ1n) is 4.80. The van der Waals surface area contributed by atoms with Gasteiger partial charge < -0.3 is 10.4 Å². The maximum absolute atomic E-state index is 9.49. The first-order valence-corrected chi connectivity index (χ1v) is 4.80. The summed E-state index contributed by atoms with van der Waals surface area (Å²) in [5, 5.41) is 13.0. The van der Waals surface area contributed by atoms with Gasteiger partial charge >= 0.3 is 0 Å². The van der Waals surface area contributed by atoms with E-state index in [2.05, 4.69) is 5.32 Å². The highest BCUT2D eigenvalue weighted by Gasteiger charge is 2.28. The first kappa shape index (κ1) is 7.56. The van der Waals surface area contributed by atoms with Crippen molar-refractivity contribution in [3.05, 3.63) is 0 Å². The van der Waals surface area contributed by atoms with Crippen molar-refractivity contribution < 1.29 is 5.11 Å². The van der Waals surface area contributed by atoms with Crippen LogP contribution in [0.1, 0.15) is 38.5 Å². The summed E-state index contributed by atoms with van der Waals surface area (Å²) >= 11 is 0. The third-order valence-corrected chi connectivity index (χ3v) is 3.03. The average molecular weight is 155 g/mol. The fourth-order valence-electron chi connectivity index (χ4n) is 2.01. The number of aliphatic hydroxyl groups is 1. The third kappa shape index (κ3) is 1.57. The van der Waals surface area contributed by atoms with Gasteiger partial charge in [0, 0.05) is 12.1 Å². The monoisotopic (exact) mass is 155 g/mol. The number of aliphatic hydroxyl groups excluding tert-OH is 1. The van der Waals surface area contributed by atoms with Gasteiger partial charge in [0.1, 0.15) is 0 Å². The molecule has 0 heterocycles. The quantitative estimate of drug-likeness (QED) is 0.624. The van der Waals surface area contributed by atoms with Gasteiger partial charge in [-0.15, -0.1) is 0 Å². The van der Waals surface area contributed by atoms with Crippen LogP contribution in [0.15, 0.2) is 0 Å². The molecule has 0 amide bonds. The fraction of sp³-hybridized carbons (Fsp3) is 1.00. The van der Waals surface area contributed by atoms with Crippen LogP contribution in [0.2, 0.25) is 0 Å². The molecular weight excluding hydrogens is 138 g/mol. The van der Waals surface area contributed by atoms with Crippen LogP contribution in [0, 0.1) is 0 Å². The van der Waals surface area contributed by atoms with Crippen molar-refractivity contribution in [3.8, 4) is 0 Å². The standard InChI is InChI=1S/C9H17NO/c11-9-6-2-5-8(9)10-7-3-1-4-7/h7-11H,1-6H2/t8-,9-/m1/s1. The molecule has 0 radical (unpaired) electrons. The average Bonchev–Trinajstić information content (AvgIpc) is 2.27. The molecule has 0 aromatic rings. The first-order chi connectivity index (χ1) is 5.36. The molecule has 0 bridgehead atoms. The second-order valence-electron chi connectivity index (χ2n) is 3.90. The largest absolute Gasteiger partial charge is 0.392 e. The molecule has 2 atom stereocenters. The van der Waals surface area contributed by atoms with E-state index in [4.69, 9.17) is 0 Å². The van der Waals surface area contributed by atoms with Gasteiger partial charge in [-0.3, -0.25) is 0 Å². The van der Waals surface area contributed by atoms with Crippen molar-refractivity contribution in [2.45, 2.75) is 56.7 Å². The van der Waals surface area contributed by atoms with E-state index in [9.17, 15) is 5.11 Å². The number of rotatable bonds is 2. The summed E-state index contributed by atoms with van der Waals surface area (Å²) in [6.07, 6.45) is 7.34. The molecule has 0 spiro atoms. The number of hydrogen-bond donors (Lipinski definition) is 2. The molecule has 2 nitrogen and oxygen atoms in total. The van der Waals surface area contributed by atoms with Crippen LogP contribution in [0.4, 0.5) is 0 Å². The zero-order chi connectivity index (χ0) is 7.68. The lowest BCUT2D eigenvalue weighted by molar-refractivity contribution is 0.133. The maximum atomic E-state index is 9.49. The summed E-state index contributed by atoms with van der Waals surface area (Å²) in [4.78, 5) is 0. The minimum atomic E-state index is -0.0596. The summed E-state index contributed by atoms with van der Waals surface area (Å²) in [6, 6.07) is 1.15. The normalized spacial score (nSPS) is 39.0. The summed E-state index contributed by atoms with van der Waals surface area (Å²) in [7, 11) is 0. The van der Waals surface area contributed by atoms with Gasteiger partial charge in [0.05, 0.1) is 6.10 Å². The Morgan fingerprint density at radius 3 is 2.18 bits per heavy atom. The van der Waals surface area contributed by atoms with Crippen molar-refractivity contribution in [3.63, 3.8) is 0 Å². The second kappa shape index (κ2) is 3.11. The Bertz CT molecular complexity index is 134. The summed E-state index contributed by atoms with van der Waals surface area (Å²) in [6.45, 7) is 0. The Balaban J connectivity index is 1.75. The van der Waals surface area contributed by atoms with Crippen LogP contribution in [0.25, 0.3) is 0 Å². The minimum absolute atomic E-state index is 0.0596. The zero-order valence-electron chi connectivity index (χ0n) is 6.92. The predicted molar refractivity (Wildman–Crippen MR) is 44.4 cm³/mol. The van der Waals surface area contributed by atoms with E-state index >= 15 is 0 Å². The Labute approximate surface area is 68.0 Å². The lowest BCUT2D eigenvalue weighted by atomic mass is 9.92. The topological polar surface area (TPSA) is 32.3 Å². The number of hydrogen-bond acceptors (Lipinski definition) is 2. The smallest absolute Gasteiger partial charge is 0.0693 e. The predicted octanol–water partition coefficient (Wildman–Crippen LogP) is 1.04. The van der Waals surface area contributed by atoms with Gasteiger partial charge in [-0.25, -0.2) is 0 Å². The van der Waals surface area contributed by atoms with E-state index in [0.29, 0.717) is 6.04 Å². The SMILES string of the molecule is O[C@@H]1CCC[C@H]1NC1CCC1. The van der Waals surface area contributed by atoms with Crippen LogP contribution in [-0.4, -0.2) is 23.3 Å². The third-order valence-electron chi connectivity index (χ3n) is 3.03. The van der Waals surface area contributed by atoms with Crippen molar-refractivity contribution >= 4 is 0 Å². The van der Waals surface area contributed by atoms with Gasteiger partial charge in [0.25, 0.3) is 0 Å². The molecular formula is C9H17NO. The van der Waals surface area contributed by atoms with E-state index in [0.717, 1.165) is 12.5 Å². The molecule has 11 heavy (non-hydrogen) atoms. The molecule has 2 aliphatic carbocycles. The summed E-state index contributed by atoms with van der Waals surface area (Å²) in [5.41, 5.74) is 0. The van der Waals surface area contributed by atoms with Crippen LogP contribution in [-0.2, 0) is 0 Å². The Hall–Kier alpha value is -0.0800. The molecule has 2 aliphatic rings. The minimum Gasteiger partial charge on any atom is -0.392 e. The van der Waals surface area contributed by atoms with Gasteiger partial charge in [-0.05, 0) is 32.1 Å². The molecule has 0 aromatic heterocycles.